The van der Waals surface area contributed by atoms with Crippen LogP contribution in [-0.4, -0.2) is 48.4 Å². The molecule has 0 unspecified atom stereocenters. The Labute approximate surface area is 136 Å². The number of carbonyl (C=O) groups is 1. The molecule has 0 saturated heterocycles. The van der Waals surface area contributed by atoms with Crippen molar-refractivity contribution < 1.29 is 4.79 Å². The Kier molecular flexibility index (Phi) is 8.04. The lowest BCUT2D eigenvalue weighted by atomic mass is 10.2. The van der Waals surface area contributed by atoms with E-state index < -0.39 is 0 Å². The van der Waals surface area contributed by atoms with Gasteiger partial charge in [0.1, 0.15) is 0 Å². The molecule has 0 aliphatic heterocycles. The molecule has 0 fully saturated rings. The van der Waals surface area contributed by atoms with Gasteiger partial charge in [0.2, 0.25) is 5.91 Å². The molecule has 0 radical (unpaired) electrons. The number of likely N-dealkylation sites (N-methyl/N-ethyl adjacent to an activating group) is 1. The van der Waals surface area contributed by atoms with Crippen LogP contribution in [0, 0.1) is 0 Å². The van der Waals surface area contributed by atoms with Crippen molar-refractivity contribution in [2.45, 2.75) is 20.4 Å². The summed E-state index contributed by atoms with van der Waals surface area (Å²) in [4.78, 5) is 16.0. The molecule has 21 heavy (non-hydrogen) atoms. The summed E-state index contributed by atoms with van der Waals surface area (Å²) in [5, 5.41) is 1.01. The van der Waals surface area contributed by atoms with Gasteiger partial charge in [-0.3, -0.25) is 4.79 Å². The smallest absolute Gasteiger partial charge is 0.236 e. The van der Waals surface area contributed by atoms with E-state index in [4.69, 9.17) is 28.9 Å². The van der Waals surface area contributed by atoms with Crippen molar-refractivity contribution >= 4 is 29.1 Å². The highest BCUT2D eigenvalue weighted by atomic mass is 35.5. The molecule has 0 aliphatic rings. The molecule has 118 valence electrons. The summed E-state index contributed by atoms with van der Waals surface area (Å²) >= 11 is 11.9. The molecule has 1 rings (SSSR count). The van der Waals surface area contributed by atoms with Crippen LogP contribution >= 0.6 is 23.2 Å². The molecule has 0 saturated carbocycles. The van der Waals surface area contributed by atoms with E-state index in [1.165, 1.54) is 0 Å². The molecule has 4 nitrogen and oxygen atoms in total. The number of halogens is 2. The number of nitrogens with zero attached hydrogens (tertiary/aromatic N) is 2. The number of hydrogen-bond acceptors (Lipinski definition) is 3. The summed E-state index contributed by atoms with van der Waals surface area (Å²) in [6.07, 6.45) is 0. The highest BCUT2D eigenvalue weighted by Crippen LogP contribution is 2.23. The molecule has 0 bridgehead atoms. The molecule has 1 aromatic rings. The van der Waals surface area contributed by atoms with Gasteiger partial charge in [-0.05, 0) is 30.8 Å². The van der Waals surface area contributed by atoms with E-state index in [1.54, 1.807) is 17.0 Å². The first-order chi connectivity index (χ1) is 10.0. The SMILES string of the molecule is CCN(CC)CCN(Cc1ccc(Cl)c(Cl)c1)C(=O)CN. The van der Waals surface area contributed by atoms with Gasteiger partial charge < -0.3 is 15.5 Å². The monoisotopic (exact) mass is 331 g/mol. The van der Waals surface area contributed by atoms with Gasteiger partial charge in [0.15, 0.2) is 0 Å². The van der Waals surface area contributed by atoms with Crippen LogP contribution in [0.3, 0.4) is 0 Å². The molecule has 0 heterocycles. The molecule has 1 aromatic carbocycles. The van der Waals surface area contributed by atoms with Gasteiger partial charge in [-0.15, -0.1) is 0 Å². The number of hydrogen-bond donors (Lipinski definition) is 1. The van der Waals surface area contributed by atoms with Gasteiger partial charge >= 0.3 is 0 Å². The Morgan fingerprint density at radius 1 is 1.14 bits per heavy atom. The highest BCUT2D eigenvalue weighted by molar-refractivity contribution is 6.42. The minimum absolute atomic E-state index is 0.0135. The lowest BCUT2D eigenvalue weighted by Crippen LogP contribution is -2.41. The lowest BCUT2D eigenvalue weighted by Gasteiger charge is -2.26. The molecular formula is C15H23Cl2N3O. The van der Waals surface area contributed by atoms with Crippen molar-refractivity contribution in [1.29, 1.82) is 0 Å². The second-order valence-corrected chi connectivity index (χ2v) is 5.61. The van der Waals surface area contributed by atoms with Gasteiger partial charge in [0.05, 0.1) is 16.6 Å². The minimum atomic E-state index is -0.0618. The molecule has 0 atom stereocenters. The van der Waals surface area contributed by atoms with E-state index in [0.29, 0.717) is 23.1 Å². The van der Waals surface area contributed by atoms with E-state index >= 15 is 0 Å². The third-order valence-electron chi connectivity index (χ3n) is 3.47. The fourth-order valence-corrected chi connectivity index (χ4v) is 2.40. The fraction of sp³-hybridized carbons (Fsp3) is 0.533. The van der Waals surface area contributed by atoms with Crippen LogP contribution in [0.5, 0.6) is 0 Å². The van der Waals surface area contributed by atoms with Crippen molar-refractivity contribution in [1.82, 2.24) is 9.80 Å². The van der Waals surface area contributed by atoms with E-state index in [2.05, 4.69) is 18.7 Å². The van der Waals surface area contributed by atoms with Crippen LogP contribution in [0.4, 0.5) is 0 Å². The molecule has 0 aromatic heterocycles. The predicted octanol–water partition coefficient (Wildman–Crippen LogP) is 2.62. The highest BCUT2D eigenvalue weighted by Gasteiger charge is 2.14. The summed E-state index contributed by atoms with van der Waals surface area (Å²) in [6, 6.07) is 5.41. The second kappa shape index (κ2) is 9.26. The molecule has 6 heteroatoms. The molecular weight excluding hydrogens is 309 g/mol. The number of benzene rings is 1. The van der Waals surface area contributed by atoms with Gasteiger partial charge in [-0.2, -0.15) is 0 Å². The Bertz CT molecular complexity index is 464. The summed E-state index contributed by atoms with van der Waals surface area (Å²) < 4.78 is 0. The maximum atomic E-state index is 12.0. The first-order valence-corrected chi connectivity index (χ1v) is 7.91. The fourth-order valence-electron chi connectivity index (χ4n) is 2.08. The number of nitrogens with two attached hydrogens (primary N) is 1. The summed E-state index contributed by atoms with van der Waals surface area (Å²) in [5.41, 5.74) is 6.45. The topological polar surface area (TPSA) is 49.6 Å². The van der Waals surface area contributed by atoms with Crippen LogP contribution in [0.1, 0.15) is 19.4 Å². The maximum Gasteiger partial charge on any atom is 0.236 e. The Hall–Kier alpha value is -0.810. The van der Waals surface area contributed by atoms with Crippen molar-refractivity contribution in [3.05, 3.63) is 33.8 Å². The lowest BCUT2D eigenvalue weighted by molar-refractivity contribution is -0.130. The van der Waals surface area contributed by atoms with Gasteiger partial charge in [-0.25, -0.2) is 0 Å². The van der Waals surface area contributed by atoms with Crippen molar-refractivity contribution in [3.63, 3.8) is 0 Å². The van der Waals surface area contributed by atoms with Crippen LogP contribution in [0.2, 0.25) is 10.0 Å². The normalized spacial score (nSPS) is 11.0. The number of rotatable bonds is 8. The van der Waals surface area contributed by atoms with Crippen LogP contribution in [-0.2, 0) is 11.3 Å². The van der Waals surface area contributed by atoms with E-state index in [-0.39, 0.29) is 12.5 Å². The summed E-state index contributed by atoms with van der Waals surface area (Å²) in [5.74, 6) is -0.0618. The summed E-state index contributed by atoms with van der Waals surface area (Å²) in [6.45, 7) is 8.14. The van der Waals surface area contributed by atoms with E-state index in [1.807, 2.05) is 6.07 Å². The number of carbonyl (C=O) groups excluding carboxylic acids is 1. The average molecular weight is 332 g/mol. The quantitative estimate of drug-likeness (QED) is 0.796. The van der Waals surface area contributed by atoms with Crippen LogP contribution < -0.4 is 5.73 Å². The third kappa shape index (κ3) is 5.83. The Balaban J connectivity index is 2.73. The zero-order valence-electron chi connectivity index (χ0n) is 12.6. The van der Waals surface area contributed by atoms with Crippen molar-refractivity contribution in [2.75, 3.05) is 32.7 Å². The zero-order chi connectivity index (χ0) is 15.8. The number of amides is 1. The van der Waals surface area contributed by atoms with E-state index in [9.17, 15) is 4.79 Å². The second-order valence-electron chi connectivity index (χ2n) is 4.79. The van der Waals surface area contributed by atoms with Crippen molar-refractivity contribution in [3.8, 4) is 0 Å². The van der Waals surface area contributed by atoms with Gasteiger partial charge in [-0.1, -0.05) is 43.1 Å². The largest absolute Gasteiger partial charge is 0.336 e. The Morgan fingerprint density at radius 2 is 1.81 bits per heavy atom. The van der Waals surface area contributed by atoms with E-state index in [0.717, 1.165) is 25.2 Å². The van der Waals surface area contributed by atoms with Crippen molar-refractivity contribution in [2.24, 2.45) is 5.73 Å². The first kappa shape index (κ1) is 18.2. The average Bonchev–Trinajstić information content (AvgIpc) is 2.49. The third-order valence-corrected chi connectivity index (χ3v) is 4.20. The minimum Gasteiger partial charge on any atom is -0.336 e. The summed E-state index contributed by atoms with van der Waals surface area (Å²) in [7, 11) is 0. The maximum absolute atomic E-state index is 12.0. The van der Waals surface area contributed by atoms with Gasteiger partial charge in [0.25, 0.3) is 0 Å². The molecule has 0 spiro atoms. The van der Waals surface area contributed by atoms with Gasteiger partial charge in [0, 0.05) is 19.6 Å². The zero-order valence-corrected chi connectivity index (χ0v) is 14.1. The predicted molar refractivity (Wildman–Crippen MR) is 88.7 cm³/mol. The molecule has 0 aliphatic carbocycles. The standard InChI is InChI=1S/C15H23Cl2N3O/c1-3-19(4-2)7-8-20(15(21)10-18)11-12-5-6-13(16)14(17)9-12/h5-6,9H,3-4,7-8,10-11,18H2,1-2H3. The Morgan fingerprint density at radius 3 is 2.33 bits per heavy atom. The molecule has 2 N–H and O–H groups in total. The van der Waals surface area contributed by atoms with Crippen LogP contribution in [0.15, 0.2) is 18.2 Å². The van der Waals surface area contributed by atoms with Crippen LogP contribution in [0.25, 0.3) is 0 Å². The first-order valence-electron chi connectivity index (χ1n) is 7.15. The molecule has 1 amide bonds.